The molecule has 1 aliphatic carbocycles. The van der Waals surface area contributed by atoms with Gasteiger partial charge in [0.1, 0.15) is 12.3 Å². The minimum atomic E-state index is -1.44. The van der Waals surface area contributed by atoms with E-state index in [2.05, 4.69) is 6.92 Å². The zero-order chi connectivity index (χ0) is 17.5. The molecule has 1 saturated carbocycles. The number of carbonyl (C=O) groups excluding carboxylic acids is 1. The van der Waals surface area contributed by atoms with Gasteiger partial charge in [-0.3, -0.25) is 0 Å². The van der Waals surface area contributed by atoms with E-state index in [1.165, 1.54) is 0 Å². The standard InChI is InChI=1S/C19H24F2O2S/c1-3-9-24-15-7-5-14(6-8-15)16(19(22)23-4-2)10-13-11-17(20)18(21)12-13/h5-8,10,13,17-18H,3-4,9,11-12H2,1-2H3/b16-10+/t13?,17-,18+. The molecule has 24 heavy (non-hydrogen) atoms. The van der Waals surface area contributed by atoms with E-state index < -0.39 is 18.3 Å². The van der Waals surface area contributed by atoms with Crippen molar-refractivity contribution in [1.82, 2.24) is 0 Å². The maximum atomic E-state index is 13.4. The lowest BCUT2D eigenvalue weighted by Gasteiger charge is -2.11. The van der Waals surface area contributed by atoms with Gasteiger partial charge in [0.05, 0.1) is 12.2 Å². The highest BCUT2D eigenvalue weighted by Gasteiger charge is 2.34. The molecule has 2 rings (SSSR count). The van der Waals surface area contributed by atoms with E-state index >= 15 is 0 Å². The van der Waals surface area contributed by atoms with Crippen molar-refractivity contribution < 1.29 is 18.3 Å². The molecule has 0 aliphatic heterocycles. The Morgan fingerprint density at radius 2 is 1.83 bits per heavy atom. The van der Waals surface area contributed by atoms with Crippen molar-refractivity contribution in [2.45, 2.75) is 50.3 Å². The monoisotopic (exact) mass is 354 g/mol. The van der Waals surface area contributed by atoms with Crippen LogP contribution in [0.1, 0.15) is 38.7 Å². The Balaban J connectivity index is 2.21. The van der Waals surface area contributed by atoms with Gasteiger partial charge in [0.2, 0.25) is 0 Å². The number of ether oxygens (including phenoxy) is 1. The highest BCUT2D eigenvalue weighted by atomic mass is 32.2. The molecule has 132 valence electrons. The van der Waals surface area contributed by atoms with Crippen LogP contribution in [-0.4, -0.2) is 30.7 Å². The molecule has 0 saturated heterocycles. The Hall–Kier alpha value is -1.36. The molecule has 1 aliphatic rings. The van der Waals surface area contributed by atoms with Crippen molar-refractivity contribution in [3.63, 3.8) is 0 Å². The molecule has 5 heteroatoms. The molecular weight excluding hydrogens is 330 g/mol. The van der Waals surface area contributed by atoms with E-state index in [4.69, 9.17) is 4.74 Å². The fraction of sp³-hybridized carbons (Fsp3) is 0.526. The van der Waals surface area contributed by atoms with Crippen LogP contribution in [0, 0.1) is 5.92 Å². The van der Waals surface area contributed by atoms with Gasteiger partial charge in [-0.1, -0.05) is 25.1 Å². The van der Waals surface area contributed by atoms with E-state index in [9.17, 15) is 13.6 Å². The number of allylic oxidation sites excluding steroid dienone is 1. The van der Waals surface area contributed by atoms with Gasteiger partial charge in [-0.25, -0.2) is 13.6 Å². The highest BCUT2D eigenvalue weighted by molar-refractivity contribution is 7.99. The van der Waals surface area contributed by atoms with Gasteiger partial charge in [0, 0.05) is 4.90 Å². The summed E-state index contributed by atoms with van der Waals surface area (Å²) >= 11 is 1.76. The van der Waals surface area contributed by atoms with Crippen LogP contribution >= 0.6 is 11.8 Å². The van der Waals surface area contributed by atoms with Crippen LogP contribution in [0.2, 0.25) is 0 Å². The number of benzene rings is 1. The normalized spacial score (nSPS) is 24.2. The van der Waals surface area contributed by atoms with E-state index in [-0.39, 0.29) is 25.4 Å². The molecule has 1 aromatic rings. The Bertz CT molecular complexity index is 561. The number of carbonyl (C=O) groups is 1. The average Bonchev–Trinajstić information content (AvgIpc) is 2.89. The van der Waals surface area contributed by atoms with Crippen LogP contribution < -0.4 is 0 Å². The Morgan fingerprint density at radius 3 is 2.38 bits per heavy atom. The minimum Gasteiger partial charge on any atom is -0.462 e. The first-order chi connectivity index (χ1) is 11.5. The quantitative estimate of drug-likeness (QED) is 0.381. The Morgan fingerprint density at radius 1 is 1.21 bits per heavy atom. The van der Waals surface area contributed by atoms with Crippen molar-refractivity contribution in [1.29, 1.82) is 0 Å². The lowest BCUT2D eigenvalue weighted by Crippen LogP contribution is -2.08. The van der Waals surface area contributed by atoms with Crippen LogP contribution in [0.25, 0.3) is 5.57 Å². The fourth-order valence-corrected chi connectivity index (χ4v) is 3.55. The second-order valence-electron chi connectivity index (χ2n) is 5.94. The third-order valence-corrected chi connectivity index (χ3v) is 5.20. The average molecular weight is 354 g/mol. The SMILES string of the molecule is CCCSc1ccc(/C(=C\C2C[C@@H](F)[C@@H](F)C2)C(=O)OCC)cc1. The van der Waals surface area contributed by atoms with E-state index in [0.717, 1.165) is 22.6 Å². The predicted molar refractivity (Wildman–Crippen MR) is 94.6 cm³/mol. The summed E-state index contributed by atoms with van der Waals surface area (Å²) in [5.41, 5.74) is 1.13. The molecule has 3 atom stereocenters. The van der Waals surface area contributed by atoms with Crippen LogP contribution in [0.3, 0.4) is 0 Å². The van der Waals surface area contributed by atoms with E-state index in [1.807, 2.05) is 24.3 Å². The maximum Gasteiger partial charge on any atom is 0.338 e. The second-order valence-corrected chi connectivity index (χ2v) is 7.11. The molecule has 1 unspecified atom stereocenters. The molecule has 0 amide bonds. The molecule has 0 bridgehead atoms. The number of hydrogen-bond acceptors (Lipinski definition) is 3. The van der Waals surface area contributed by atoms with Crippen LogP contribution in [0.4, 0.5) is 8.78 Å². The second kappa shape index (κ2) is 9.21. The largest absolute Gasteiger partial charge is 0.462 e. The van der Waals surface area contributed by atoms with Gasteiger partial charge in [-0.05, 0) is 55.6 Å². The molecule has 2 nitrogen and oxygen atoms in total. The molecule has 0 spiro atoms. The summed E-state index contributed by atoms with van der Waals surface area (Å²) in [5.74, 6) is 0.324. The summed E-state index contributed by atoms with van der Waals surface area (Å²) < 4.78 is 32.0. The molecule has 0 heterocycles. The lowest BCUT2D eigenvalue weighted by molar-refractivity contribution is -0.136. The topological polar surface area (TPSA) is 26.3 Å². The summed E-state index contributed by atoms with van der Waals surface area (Å²) in [5, 5.41) is 0. The number of hydrogen-bond donors (Lipinski definition) is 0. The van der Waals surface area contributed by atoms with Crippen LogP contribution in [-0.2, 0) is 9.53 Å². The zero-order valence-electron chi connectivity index (χ0n) is 14.1. The maximum absolute atomic E-state index is 13.4. The highest BCUT2D eigenvalue weighted by Crippen LogP contribution is 2.34. The van der Waals surface area contributed by atoms with E-state index in [0.29, 0.717) is 5.57 Å². The number of rotatable bonds is 7. The summed E-state index contributed by atoms with van der Waals surface area (Å²) in [6.45, 7) is 4.13. The summed E-state index contributed by atoms with van der Waals surface area (Å²) in [4.78, 5) is 13.4. The van der Waals surface area contributed by atoms with Gasteiger partial charge in [0.25, 0.3) is 0 Å². The summed E-state index contributed by atoms with van der Waals surface area (Å²) in [6.07, 6.45) is 0.128. The third kappa shape index (κ3) is 5.07. The Kier molecular flexibility index (Phi) is 7.28. The van der Waals surface area contributed by atoms with Gasteiger partial charge in [-0.15, -0.1) is 11.8 Å². The summed E-state index contributed by atoms with van der Waals surface area (Å²) in [6, 6.07) is 7.67. The van der Waals surface area contributed by atoms with Gasteiger partial charge >= 0.3 is 5.97 Å². The van der Waals surface area contributed by atoms with Crippen molar-refractivity contribution >= 4 is 23.3 Å². The first-order valence-electron chi connectivity index (χ1n) is 8.45. The first kappa shape index (κ1) is 19.0. The summed E-state index contributed by atoms with van der Waals surface area (Å²) in [7, 11) is 0. The van der Waals surface area contributed by atoms with Crippen molar-refractivity contribution in [2.24, 2.45) is 5.92 Å². The van der Waals surface area contributed by atoms with Crippen molar-refractivity contribution in [3.05, 3.63) is 35.9 Å². The molecular formula is C19H24F2O2S. The lowest BCUT2D eigenvalue weighted by atomic mass is 9.98. The van der Waals surface area contributed by atoms with Crippen molar-refractivity contribution in [3.8, 4) is 0 Å². The number of halogens is 2. The zero-order valence-corrected chi connectivity index (χ0v) is 15.0. The molecule has 0 radical (unpaired) electrons. The van der Waals surface area contributed by atoms with Gasteiger partial charge in [-0.2, -0.15) is 0 Å². The van der Waals surface area contributed by atoms with Gasteiger partial charge < -0.3 is 4.74 Å². The van der Waals surface area contributed by atoms with Crippen LogP contribution in [0.15, 0.2) is 35.2 Å². The Labute approximate surface area is 146 Å². The number of alkyl halides is 2. The minimum absolute atomic E-state index is 0.120. The van der Waals surface area contributed by atoms with E-state index in [1.54, 1.807) is 24.8 Å². The molecule has 0 N–H and O–H groups in total. The molecule has 1 fully saturated rings. The smallest absolute Gasteiger partial charge is 0.338 e. The van der Waals surface area contributed by atoms with Crippen LogP contribution in [0.5, 0.6) is 0 Å². The van der Waals surface area contributed by atoms with Gasteiger partial charge in [0.15, 0.2) is 0 Å². The first-order valence-corrected chi connectivity index (χ1v) is 9.44. The van der Waals surface area contributed by atoms with Crippen molar-refractivity contribution in [2.75, 3.05) is 12.4 Å². The molecule has 0 aromatic heterocycles. The third-order valence-electron chi connectivity index (χ3n) is 3.98. The predicted octanol–water partition coefficient (Wildman–Crippen LogP) is 5.22. The molecule has 1 aromatic carbocycles. The fourth-order valence-electron chi connectivity index (χ4n) is 2.78. The number of esters is 1. The number of thioether (sulfide) groups is 1.